The van der Waals surface area contributed by atoms with Gasteiger partial charge in [0.15, 0.2) is 0 Å². The first-order chi connectivity index (χ1) is 6.09. The summed E-state index contributed by atoms with van der Waals surface area (Å²) >= 11 is 0. The first-order valence-electron chi connectivity index (χ1n) is 4.34. The summed E-state index contributed by atoms with van der Waals surface area (Å²) in [5.74, 6) is -0.396. The zero-order chi connectivity index (χ0) is 9.84. The number of aromatic nitrogens is 2. The molecule has 0 spiro atoms. The van der Waals surface area contributed by atoms with Gasteiger partial charge in [-0.3, -0.25) is 9.48 Å². The summed E-state index contributed by atoms with van der Waals surface area (Å²) in [6, 6.07) is 1.92. The number of carbonyl (C=O) groups is 1. The smallest absolute Gasteiger partial charge is 0.305 e. The maximum absolute atomic E-state index is 10.3. The van der Waals surface area contributed by atoms with Crippen molar-refractivity contribution in [2.75, 3.05) is 0 Å². The van der Waals surface area contributed by atoms with E-state index < -0.39 is 5.97 Å². The second-order valence-corrected chi connectivity index (χ2v) is 3.30. The molecule has 0 aromatic carbocycles. The molecule has 0 aliphatic rings. The Kier molecular flexibility index (Phi) is 3.06. The quantitative estimate of drug-likeness (QED) is 0.767. The Morgan fingerprint density at radius 2 is 2.38 bits per heavy atom. The highest BCUT2D eigenvalue weighted by Crippen LogP contribution is 2.10. The Morgan fingerprint density at radius 1 is 1.69 bits per heavy atom. The third-order valence-corrected chi connectivity index (χ3v) is 1.81. The van der Waals surface area contributed by atoms with Crippen LogP contribution in [0, 0.1) is 0 Å². The third kappa shape index (κ3) is 2.89. The van der Waals surface area contributed by atoms with Crippen molar-refractivity contribution in [2.45, 2.75) is 32.7 Å². The van der Waals surface area contributed by atoms with E-state index in [1.807, 2.05) is 12.3 Å². The number of hydrogen-bond donors (Lipinski definition) is 1. The molecule has 0 unspecified atom stereocenters. The standard InChI is InChI=1S/C9H14N2O2/c1-7(2)8-3-5-11(10-8)6-4-9(12)13/h3,5,7H,4,6H2,1-2H3,(H,12,13). The van der Waals surface area contributed by atoms with Crippen molar-refractivity contribution in [3.8, 4) is 0 Å². The van der Waals surface area contributed by atoms with Gasteiger partial charge in [0, 0.05) is 6.20 Å². The fourth-order valence-electron chi connectivity index (χ4n) is 1.02. The van der Waals surface area contributed by atoms with Gasteiger partial charge in [-0.2, -0.15) is 5.10 Å². The van der Waals surface area contributed by atoms with E-state index in [-0.39, 0.29) is 6.42 Å². The highest BCUT2D eigenvalue weighted by Gasteiger charge is 2.04. The zero-order valence-electron chi connectivity index (χ0n) is 7.90. The Balaban J connectivity index is 2.54. The molecule has 0 atom stereocenters. The molecule has 0 fully saturated rings. The topological polar surface area (TPSA) is 55.1 Å². The van der Waals surface area contributed by atoms with Gasteiger partial charge in [0.1, 0.15) is 0 Å². The Labute approximate surface area is 77.2 Å². The molecule has 4 heteroatoms. The van der Waals surface area contributed by atoms with Crippen LogP contribution in [0.4, 0.5) is 0 Å². The fourth-order valence-corrected chi connectivity index (χ4v) is 1.02. The Hall–Kier alpha value is -1.32. The molecular weight excluding hydrogens is 168 g/mol. The highest BCUT2D eigenvalue weighted by atomic mass is 16.4. The van der Waals surface area contributed by atoms with Crippen molar-refractivity contribution in [3.05, 3.63) is 18.0 Å². The number of nitrogens with zero attached hydrogens (tertiary/aromatic N) is 2. The van der Waals surface area contributed by atoms with Crippen LogP contribution in [0.25, 0.3) is 0 Å². The molecule has 0 radical (unpaired) electrons. The van der Waals surface area contributed by atoms with Crippen LogP contribution in [0.5, 0.6) is 0 Å². The molecule has 1 rings (SSSR count). The van der Waals surface area contributed by atoms with Gasteiger partial charge >= 0.3 is 5.97 Å². The van der Waals surface area contributed by atoms with Crippen molar-refractivity contribution in [1.29, 1.82) is 0 Å². The first-order valence-corrected chi connectivity index (χ1v) is 4.34. The van der Waals surface area contributed by atoms with E-state index >= 15 is 0 Å². The van der Waals surface area contributed by atoms with Crippen molar-refractivity contribution in [3.63, 3.8) is 0 Å². The summed E-state index contributed by atoms with van der Waals surface area (Å²) in [5, 5.41) is 12.7. The molecule has 0 amide bonds. The maximum atomic E-state index is 10.3. The molecule has 1 aromatic heterocycles. The maximum Gasteiger partial charge on any atom is 0.305 e. The van der Waals surface area contributed by atoms with Crippen LogP contribution in [0.3, 0.4) is 0 Å². The van der Waals surface area contributed by atoms with Crippen LogP contribution in [0.15, 0.2) is 12.3 Å². The molecule has 1 heterocycles. The summed E-state index contributed by atoms with van der Waals surface area (Å²) in [5.41, 5.74) is 1.00. The summed E-state index contributed by atoms with van der Waals surface area (Å²) in [4.78, 5) is 10.3. The third-order valence-electron chi connectivity index (χ3n) is 1.81. The second-order valence-electron chi connectivity index (χ2n) is 3.30. The fraction of sp³-hybridized carbons (Fsp3) is 0.556. The van der Waals surface area contributed by atoms with Gasteiger partial charge in [0.25, 0.3) is 0 Å². The van der Waals surface area contributed by atoms with E-state index in [0.29, 0.717) is 12.5 Å². The number of hydrogen-bond acceptors (Lipinski definition) is 2. The predicted octanol–water partition coefficient (Wildman–Crippen LogP) is 1.48. The Morgan fingerprint density at radius 3 is 2.85 bits per heavy atom. The van der Waals surface area contributed by atoms with Crippen molar-refractivity contribution >= 4 is 5.97 Å². The molecule has 0 bridgehead atoms. The number of carboxylic acids is 1. The van der Waals surface area contributed by atoms with Gasteiger partial charge in [-0.25, -0.2) is 0 Å². The van der Waals surface area contributed by atoms with E-state index in [9.17, 15) is 4.79 Å². The zero-order valence-corrected chi connectivity index (χ0v) is 7.90. The minimum absolute atomic E-state index is 0.124. The first kappa shape index (κ1) is 9.77. The number of aliphatic carboxylic acids is 1. The molecular formula is C9H14N2O2. The molecule has 13 heavy (non-hydrogen) atoms. The average Bonchev–Trinajstić information content (AvgIpc) is 2.48. The van der Waals surface area contributed by atoms with Gasteiger partial charge in [0.2, 0.25) is 0 Å². The summed E-state index contributed by atoms with van der Waals surface area (Å²) in [7, 11) is 0. The second kappa shape index (κ2) is 4.07. The van der Waals surface area contributed by atoms with Gasteiger partial charge in [-0.1, -0.05) is 13.8 Å². The monoisotopic (exact) mass is 182 g/mol. The summed E-state index contributed by atoms with van der Waals surface area (Å²) in [6.45, 7) is 4.57. The van der Waals surface area contributed by atoms with E-state index in [0.717, 1.165) is 5.69 Å². The molecule has 4 nitrogen and oxygen atoms in total. The molecule has 0 saturated carbocycles. The normalized spacial score (nSPS) is 10.7. The summed E-state index contributed by atoms with van der Waals surface area (Å²) < 4.78 is 1.67. The lowest BCUT2D eigenvalue weighted by Crippen LogP contribution is -2.05. The van der Waals surface area contributed by atoms with Crippen LogP contribution in [0.2, 0.25) is 0 Å². The lowest BCUT2D eigenvalue weighted by molar-refractivity contribution is -0.137. The van der Waals surface area contributed by atoms with Crippen LogP contribution in [0.1, 0.15) is 31.9 Å². The van der Waals surface area contributed by atoms with Crippen LogP contribution in [-0.2, 0) is 11.3 Å². The minimum atomic E-state index is -0.790. The van der Waals surface area contributed by atoms with E-state index in [1.54, 1.807) is 4.68 Å². The average molecular weight is 182 g/mol. The summed E-state index contributed by atoms with van der Waals surface area (Å²) in [6.07, 6.45) is 1.94. The molecule has 1 N–H and O–H groups in total. The molecule has 0 aliphatic carbocycles. The number of carboxylic acid groups (broad SMARTS) is 1. The Bertz CT molecular complexity index is 292. The lowest BCUT2D eigenvalue weighted by atomic mass is 10.1. The minimum Gasteiger partial charge on any atom is -0.481 e. The SMILES string of the molecule is CC(C)c1ccn(CCC(=O)O)n1. The van der Waals surface area contributed by atoms with Crippen molar-refractivity contribution < 1.29 is 9.90 Å². The van der Waals surface area contributed by atoms with Crippen LogP contribution < -0.4 is 0 Å². The van der Waals surface area contributed by atoms with Crippen LogP contribution in [-0.4, -0.2) is 20.9 Å². The molecule has 72 valence electrons. The van der Waals surface area contributed by atoms with Gasteiger partial charge < -0.3 is 5.11 Å². The van der Waals surface area contributed by atoms with Crippen molar-refractivity contribution in [2.24, 2.45) is 0 Å². The van der Waals surface area contributed by atoms with E-state index in [4.69, 9.17) is 5.11 Å². The van der Waals surface area contributed by atoms with Crippen molar-refractivity contribution in [1.82, 2.24) is 9.78 Å². The van der Waals surface area contributed by atoms with E-state index in [2.05, 4.69) is 18.9 Å². The number of rotatable bonds is 4. The molecule has 0 saturated heterocycles. The van der Waals surface area contributed by atoms with Gasteiger partial charge in [-0.15, -0.1) is 0 Å². The number of aryl methyl sites for hydroxylation is 1. The van der Waals surface area contributed by atoms with Gasteiger partial charge in [0.05, 0.1) is 18.7 Å². The highest BCUT2D eigenvalue weighted by molar-refractivity contribution is 5.66. The van der Waals surface area contributed by atoms with Crippen LogP contribution >= 0.6 is 0 Å². The van der Waals surface area contributed by atoms with Gasteiger partial charge in [-0.05, 0) is 12.0 Å². The predicted molar refractivity (Wildman–Crippen MR) is 48.6 cm³/mol. The molecule has 0 aliphatic heterocycles. The van der Waals surface area contributed by atoms with E-state index in [1.165, 1.54) is 0 Å². The molecule has 1 aromatic rings. The lowest BCUT2D eigenvalue weighted by Gasteiger charge is -1.99. The largest absolute Gasteiger partial charge is 0.481 e.